The van der Waals surface area contributed by atoms with E-state index >= 15 is 0 Å². The van der Waals surface area contributed by atoms with Crippen LogP contribution < -0.4 is 15.0 Å². The average Bonchev–Trinajstić information content (AvgIpc) is 2.87. The van der Waals surface area contributed by atoms with E-state index in [1.165, 1.54) is 48.5 Å². The number of rotatable bonds is 7. The second-order valence-electron chi connectivity index (χ2n) is 7.79. The van der Waals surface area contributed by atoms with Crippen LogP contribution in [0.3, 0.4) is 0 Å². The lowest BCUT2D eigenvalue weighted by Crippen LogP contribution is -2.54. The van der Waals surface area contributed by atoms with E-state index in [-0.39, 0.29) is 41.4 Å². The van der Waals surface area contributed by atoms with Crippen molar-refractivity contribution in [3.05, 3.63) is 99.8 Å². The summed E-state index contributed by atoms with van der Waals surface area (Å²) in [6.45, 7) is 1.76. The maximum atomic E-state index is 14.0. The Morgan fingerprint density at radius 1 is 1.05 bits per heavy atom. The molecule has 37 heavy (non-hydrogen) atoms. The number of hydrogen-bond donors (Lipinski definition) is 1. The van der Waals surface area contributed by atoms with E-state index in [0.717, 1.165) is 4.90 Å². The Morgan fingerprint density at radius 3 is 2.49 bits per heavy atom. The van der Waals surface area contributed by atoms with Crippen LogP contribution >= 0.6 is 11.6 Å². The van der Waals surface area contributed by atoms with Crippen molar-refractivity contribution >= 4 is 47.2 Å². The number of halogens is 2. The summed E-state index contributed by atoms with van der Waals surface area (Å²) in [5.41, 5.74) is 0.598. The molecule has 1 fully saturated rings. The molecule has 8 nitrogen and oxygen atoms in total. The Kier molecular flexibility index (Phi) is 7.64. The largest absolute Gasteiger partial charge is 0.488 e. The van der Waals surface area contributed by atoms with Crippen LogP contribution in [0.25, 0.3) is 6.08 Å². The van der Waals surface area contributed by atoms with Gasteiger partial charge in [0.1, 0.15) is 23.7 Å². The lowest BCUT2D eigenvalue weighted by atomic mass is 10.1. The van der Waals surface area contributed by atoms with Gasteiger partial charge >= 0.3 is 12.0 Å². The second-order valence-corrected chi connectivity index (χ2v) is 8.22. The molecule has 4 rings (SSSR count). The molecule has 188 valence electrons. The Hall–Kier alpha value is -4.50. The molecule has 0 atom stereocenters. The van der Waals surface area contributed by atoms with Gasteiger partial charge in [-0.15, -0.1) is 0 Å². The van der Waals surface area contributed by atoms with Gasteiger partial charge in [0.25, 0.3) is 11.8 Å². The van der Waals surface area contributed by atoms with E-state index in [1.54, 1.807) is 31.2 Å². The highest BCUT2D eigenvalue weighted by molar-refractivity contribution is 6.39. The van der Waals surface area contributed by atoms with Crippen LogP contribution in [0.1, 0.15) is 28.4 Å². The predicted octanol–water partition coefficient (Wildman–Crippen LogP) is 4.90. The molecule has 0 saturated carbocycles. The van der Waals surface area contributed by atoms with Crippen LogP contribution in [0.2, 0.25) is 5.02 Å². The lowest BCUT2D eigenvalue weighted by molar-refractivity contribution is -0.122. The molecule has 0 bridgehead atoms. The van der Waals surface area contributed by atoms with Crippen molar-refractivity contribution in [1.82, 2.24) is 5.32 Å². The van der Waals surface area contributed by atoms with Crippen LogP contribution in [-0.2, 0) is 20.9 Å². The van der Waals surface area contributed by atoms with Gasteiger partial charge in [-0.25, -0.2) is 18.9 Å². The first-order valence-corrected chi connectivity index (χ1v) is 11.5. The number of ether oxygens (including phenoxy) is 2. The van der Waals surface area contributed by atoms with E-state index in [1.807, 2.05) is 0 Å². The fourth-order valence-electron chi connectivity index (χ4n) is 3.54. The van der Waals surface area contributed by atoms with Crippen molar-refractivity contribution in [3.63, 3.8) is 0 Å². The van der Waals surface area contributed by atoms with Gasteiger partial charge in [0.2, 0.25) is 0 Å². The summed E-state index contributed by atoms with van der Waals surface area (Å²) < 4.78 is 24.7. The number of esters is 1. The van der Waals surface area contributed by atoms with Gasteiger partial charge in [0, 0.05) is 16.1 Å². The lowest BCUT2D eigenvalue weighted by Gasteiger charge is -2.26. The molecule has 0 aliphatic carbocycles. The Labute approximate surface area is 216 Å². The topological polar surface area (TPSA) is 102 Å². The zero-order chi connectivity index (χ0) is 26.5. The minimum Gasteiger partial charge on any atom is -0.488 e. The molecule has 0 unspecified atom stereocenters. The molecule has 1 aliphatic heterocycles. The number of barbiturate groups is 1. The molecule has 1 saturated heterocycles. The quantitative estimate of drug-likeness (QED) is 0.269. The van der Waals surface area contributed by atoms with E-state index in [4.69, 9.17) is 21.1 Å². The van der Waals surface area contributed by atoms with E-state index in [2.05, 4.69) is 5.32 Å². The first-order chi connectivity index (χ1) is 17.8. The minimum absolute atomic E-state index is 0.109. The van der Waals surface area contributed by atoms with Gasteiger partial charge in [-0.3, -0.25) is 14.9 Å². The van der Waals surface area contributed by atoms with Crippen LogP contribution in [0.5, 0.6) is 5.75 Å². The molecule has 1 N–H and O–H groups in total. The van der Waals surface area contributed by atoms with Crippen molar-refractivity contribution in [1.29, 1.82) is 0 Å². The van der Waals surface area contributed by atoms with Crippen molar-refractivity contribution in [3.8, 4) is 5.75 Å². The first-order valence-electron chi connectivity index (χ1n) is 11.1. The zero-order valence-corrected chi connectivity index (χ0v) is 20.3. The number of carbonyl (C=O) groups is 4. The number of urea groups is 1. The van der Waals surface area contributed by atoms with Crippen LogP contribution in [0.15, 0.2) is 72.3 Å². The van der Waals surface area contributed by atoms with Gasteiger partial charge in [-0.05, 0) is 61.5 Å². The standard InChI is InChI=1S/C27H20ClFN2O6/c1-2-36-26(34)16-7-10-20(11-8-16)31-25(33)21(24(32)30-27(31)35)14-18-13-19(28)9-12-23(18)37-15-17-5-3-4-6-22(17)29/h3-14H,2,15H2,1H3,(H,30,32,35)/b21-14+. The maximum Gasteiger partial charge on any atom is 0.338 e. The number of hydrogen-bond acceptors (Lipinski definition) is 6. The third-order valence-corrected chi connectivity index (χ3v) is 5.59. The molecule has 4 amide bonds. The van der Waals surface area contributed by atoms with E-state index < -0.39 is 29.6 Å². The summed E-state index contributed by atoms with van der Waals surface area (Å²) in [5, 5.41) is 2.43. The summed E-state index contributed by atoms with van der Waals surface area (Å²) in [5.74, 6) is -2.56. The summed E-state index contributed by atoms with van der Waals surface area (Å²) in [7, 11) is 0. The number of imide groups is 2. The van der Waals surface area contributed by atoms with Crippen LogP contribution in [0.4, 0.5) is 14.9 Å². The molecule has 1 aliphatic rings. The Morgan fingerprint density at radius 2 is 1.78 bits per heavy atom. The van der Waals surface area contributed by atoms with Crippen LogP contribution in [-0.4, -0.2) is 30.4 Å². The fourth-order valence-corrected chi connectivity index (χ4v) is 3.72. The highest BCUT2D eigenvalue weighted by atomic mass is 35.5. The summed E-state index contributed by atoms with van der Waals surface area (Å²) in [6.07, 6.45) is 1.24. The number of nitrogens with one attached hydrogen (secondary N) is 1. The number of amides is 4. The van der Waals surface area contributed by atoms with Crippen molar-refractivity contribution in [2.75, 3.05) is 11.5 Å². The predicted molar refractivity (Wildman–Crippen MR) is 134 cm³/mol. The van der Waals surface area contributed by atoms with E-state index in [9.17, 15) is 23.6 Å². The number of benzene rings is 3. The van der Waals surface area contributed by atoms with Gasteiger partial charge in [0.05, 0.1) is 17.9 Å². The molecular weight excluding hydrogens is 503 g/mol. The molecule has 10 heteroatoms. The number of anilines is 1. The normalized spacial score (nSPS) is 14.5. The molecule has 0 spiro atoms. The number of nitrogens with zero attached hydrogens (tertiary/aromatic N) is 1. The third kappa shape index (κ3) is 5.68. The van der Waals surface area contributed by atoms with Crippen molar-refractivity contribution in [2.45, 2.75) is 13.5 Å². The fraction of sp³-hybridized carbons (Fsp3) is 0.111. The van der Waals surface area contributed by atoms with Gasteiger partial charge in [-0.1, -0.05) is 29.8 Å². The van der Waals surface area contributed by atoms with E-state index in [0.29, 0.717) is 10.6 Å². The monoisotopic (exact) mass is 522 g/mol. The molecule has 0 radical (unpaired) electrons. The molecular formula is C27H20ClFN2O6. The molecule has 0 aromatic heterocycles. The Bertz CT molecular complexity index is 1420. The number of carbonyl (C=O) groups excluding carboxylic acids is 4. The molecule has 1 heterocycles. The third-order valence-electron chi connectivity index (χ3n) is 5.35. The SMILES string of the molecule is CCOC(=O)c1ccc(N2C(=O)NC(=O)/C(=C\c3cc(Cl)ccc3OCc3ccccc3F)C2=O)cc1. The summed E-state index contributed by atoms with van der Waals surface area (Å²) in [6, 6.07) is 15.3. The van der Waals surface area contributed by atoms with Crippen molar-refractivity contribution < 1.29 is 33.0 Å². The highest BCUT2D eigenvalue weighted by Crippen LogP contribution is 2.29. The van der Waals surface area contributed by atoms with Crippen LogP contribution in [0, 0.1) is 5.82 Å². The first kappa shape index (κ1) is 25.6. The average molecular weight is 523 g/mol. The Balaban J connectivity index is 1.64. The summed E-state index contributed by atoms with van der Waals surface area (Å²) in [4.78, 5) is 51.0. The second kappa shape index (κ2) is 11.0. The van der Waals surface area contributed by atoms with Gasteiger partial charge in [-0.2, -0.15) is 0 Å². The maximum absolute atomic E-state index is 14.0. The smallest absolute Gasteiger partial charge is 0.338 e. The highest BCUT2D eigenvalue weighted by Gasteiger charge is 2.37. The van der Waals surface area contributed by atoms with Crippen molar-refractivity contribution in [2.24, 2.45) is 0 Å². The zero-order valence-electron chi connectivity index (χ0n) is 19.5. The summed E-state index contributed by atoms with van der Waals surface area (Å²) >= 11 is 6.13. The van der Waals surface area contributed by atoms with Gasteiger partial charge in [0.15, 0.2) is 0 Å². The molecule has 3 aromatic carbocycles. The molecule has 3 aromatic rings. The minimum atomic E-state index is -0.946. The van der Waals surface area contributed by atoms with Gasteiger partial charge < -0.3 is 9.47 Å².